The number of hydrogen-bond acceptors (Lipinski definition) is 2. The Kier molecular flexibility index (Phi) is 5.87. The fourth-order valence-electron chi connectivity index (χ4n) is 3.34. The van der Waals surface area contributed by atoms with Gasteiger partial charge in [0.2, 0.25) is 0 Å². The molecule has 2 aromatic carbocycles. The van der Waals surface area contributed by atoms with Gasteiger partial charge < -0.3 is 4.74 Å². The second-order valence-corrected chi connectivity index (χ2v) is 7.81. The second kappa shape index (κ2) is 8.59. The quantitative estimate of drug-likeness (QED) is 0.278. The Balaban J connectivity index is 1.83. The van der Waals surface area contributed by atoms with Gasteiger partial charge in [0.1, 0.15) is 22.8 Å². The maximum absolute atomic E-state index is 13.5. The van der Waals surface area contributed by atoms with Crippen LogP contribution in [0.25, 0.3) is 17.1 Å². The SMILES string of the molecule is Cc1ccc(-c2cc(C(F)(F)F)ccc2OCc2ccccc2)n1-c1cccc(Br)n1. The third-order valence-corrected chi connectivity index (χ3v) is 5.27. The lowest BCUT2D eigenvalue weighted by atomic mass is 10.1. The maximum Gasteiger partial charge on any atom is 0.416 e. The van der Waals surface area contributed by atoms with Crippen molar-refractivity contribution in [1.82, 2.24) is 9.55 Å². The fraction of sp³-hybridized carbons (Fsp3) is 0.125. The highest BCUT2D eigenvalue weighted by atomic mass is 79.9. The predicted molar refractivity (Wildman–Crippen MR) is 117 cm³/mol. The maximum atomic E-state index is 13.5. The minimum absolute atomic E-state index is 0.244. The first-order valence-corrected chi connectivity index (χ1v) is 10.3. The van der Waals surface area contributed by atoms with E-state index in [1.807, 2.05) is 54.0 Å². The van der Waals surface area contributed by atoms with Crippen LogP contribution in [0.4, 0.5) is 13.2 Å². The molecule has 0 saturated carbocycles. The largest absolute Gasteiger partial charge is 0.488 e. The van der Waals surface area contributed by atoms with E-state index in [1.165, 1.54) is 6.07 Å². The van der Waals surface area contributed by atoms with E-state index in [9.17, 15) is 13.2 Å². The van der Waals surface area contributed by atoms with E-state index in [2.05, 4.69) is 20.9 Å². The smallest absolute Gasteiger partial charge is 0.416 e. The molecular weight excluding hydrogens is 469 g/mol. The average Bonchev–Trinajstić information content (AvgIpc) is 3.13. The summed E-state index contributed by atoms with van der Waals surface area (Å²) in [6.45, 7) is 2.12. The van der Waals surface area contributed by atoms with Crippen molar-refractivity contribution < 1.29 is 17.9 Å². The molecule has 2 heterocycles. The van der Waals surface area contributed by atoms with Gasteiger partial charge in [-0.15, -0.1) is 0 Å². The number of benzene rings is 2. The van der Waals surface area contributed by atoms with E-state index >= 15 is 0 Å². The van der Waals surface area contributed by atoms with Crippen LogP contribution in [-0.4, -0.2) is 9.55 Å². The molecule has 4 aromatic rings. The summed E-state index contributed by atoms with van der Waals surface area (Å²) in [5.41, 5.74) is 1.95. The molecule has 0 spiro atoms. The van der Waals surface area contributed by atoms with Crippen molar-refractivity contribution in [3.63, 3.8) is 0 Å². The lowest BCUT2D eigenvalue weighted by Crippen LogP contribution is -2.08. The predicted octanol–water partition coefficient (Wildman–Crippen LogP) is 7.21. The summed E-state index contributed by atoms with van der Waals surface area (Å²) >= 11 is 3.36. The Morgan fingerprint density at radius 1 is 0.935 bits per heavy atom. The summed E-state index contributed by atoms with van der Waals surface area (Å²) in [6, 6.07) is 22.1. The molecule has 0 bridgehead atoms. The van der Waals surface area contributed by atoms with Crippen molar-refractivity contribution >= 4 is 15.9 Å². The number of pyridine rings is 1. The van der Waals surface area contributed by atoms with Crippen molar-refractivity contribution in [2.24, 2.45) is 0 Å². The fourth-order valence-corrected chi connectivity index (χ4v) is 3.68. The van der Waals surface area contributed by atoms with Gasteiger partial charge in [-0.05, 0) is 70.9 Å². The molecule has 2 aromatic heterocycles. The van der Waals surface area contributed by atoms with Crippen molar-refractivity contribution in [2.75, 3.05) is 0 Å². The molecule has 158 valence electrons. The number of hydrogen-bond donors (Lipinski definition) is 0. The van der Waals surface area contributed by atoms with Crippen molar-refractivity contribution in [1.29, 1.82) is 0 Å². The van der Waals surface area contributed by atoms with Crippen LogP contribution in [0.2, 0.25) is 0 Å². The van der Waals surface area contributed by atoms with E-state index in [-0.39, 0.29) is 6.61 Å². The summed E-state index contributed by atoms with van der Waals surface area (Å²) in [5, 5.41) is 0. The molecule has 0 aliphatic carbocycles. The molecule has 0 aliphatic heterocycles. The molecule has 0 saturated heterocycles. The zero-order chi connectivity index (χ0) is 22.0. The monoisotopic (exact) mass is 486 g/mol. The highest BCUT2D eigenvalue weighted by molar-refractivity contribution is 9.10. The third kappa shape index (κ3) is 4.66. The standard InChI is InChI=1S/C24H18BrF3N2O/c1-16-10-12-20(30(16)23-9-5-8-22(25)29-23)19-14-18(24(26,27)28)11-13-21(19)31-15-17-6-3-2-4-7-17/h2-14H,15H2,1H3. The normalized spacial score (nSPS) is 11.5. The summed E-state index contributed by atoms with van der Waals surface area (Å²) in [7, 11) is 0. The van der Waals surface area contributed by atoms with E-state index in [0.717, 1.165) is 23.4 Å². The molecule has 0 N–H and O–H groups in total. The Hall–Kier alpha value is -3.06. The minimum atomic E-state index is -4.47. The van der Waals surface area contributed by atoms with E-state index < -0.39 is 11.7 Å². The number of halogens is 4. The lowest BCUT2D eigenvalue weighted by molar-refractivity contribution is -0.137. The van der Waals surface area contributed by atoms with Gasteiger partial charge >= 0.3 is 6.18 Å². The summed E-state index contributed by atoms with van der Waals surface area (Å²) < 4.78 is 48.9. The first kappa shape index (κ1) is 21.2. The van der Waals surface area contributed by atoms with Gasteiger partial charge in [0.05, 0.1) is 11.3 Å². The summed E-state index contributed by atoms with van der Waals surface area (Å²) in [6.07, 6.45) is -4.47. The van der Waals surface area contributed by atoms with Crippen LogP contribution in [0, 0.1) is 6.92 Å². The first-order chi connectivity index (χ1) is 14.8. The molecule has 0 amide bonds. The summed E-state index contributed by atoms with van der Waals surface area (Å²) in [5.74, 6) is 0.962. The van der Waals surface area contributed by atoms with Crippen LogP contribution in [0.1, 0.15) is 16.8 Å². The zero-order valence-electron chi connectivity index (χ0n) is 16.5. The van der Waals surface area contributed by atoms with Crippen LogP contribution in [0.3, 0.4) is 0 Å². The Labute approximate surface area is 186 Å². The van der Waals surface area contributed by atoms with Gasteiger partial charge in [0, 0.05) is 11.3 Å². The number of nitrogens with zero attached hydrogens (tertiary/aromatic N) is 2. The van der Waals surface area contributed by atoms with Gasteiger partial charge in [-0.3, -0.25) is 4.57 Å². The van der Waals surface area contributed by atoms with Crippen molar-refractivity contribution in [2.45, 2.75) is 19.7 Å². The van der Waals surface area contributed by atoms with E-state index in [4.69, 9.17) is 4.74 Å². The Bertz CT molecular complexity index is 1200. The van der Waals surface area contributed by atoms with Gasteiger partial charge in [-0.2, -0.15) is 13.2 Å². The number of aryl methyl sites for hydroxylation is 1. The topological polar surface area (TPSA) is 27.1 Å². The molecule has 4 rings (SSSR count). The highest BCUT2D eigenvalue weighted by Crippen LogP contribution is 2.39. The van der Waals surface area contributed by atoms with Gasteiger partial charge in [0.15, 0.2) is 0 Å². The van der Waals surface area contributed by atoms with Crippen molar-refractivity contribution in [3.05, 3.63) is 100 Å². The third-order valence-electron chi connectivity index (χ3n) is 4.83. The molecule has 0 fully saturated rings. The van der Waals surface area contributed by atoms with E-state index in [0.29, 0.717) is 27.4 Å². The van der Waals surface area contributed by atoms with Gasteiger partial charge in [0.25, 0.3) is 0 Å². The number of aromatic nitrogens is 2. The molecular formula is C24H18BrF3N2O. The van der Waals surface area contributed by atoms with Crippen LogP contribution >= 0.6 is 15.9 Å². The minimum Gasteiger partial charge on any atom is -0.488 e. The zero-order valence-corrected chi connectivity index (χ0v) is 18.1. The molecule has 31 heavy (non-hydrogen) atoms. The number of ether oxygens (including phenoxy) is 1. The van der Waals surface area contributed by atoms with Crippen LogP contribution in [0.15, 0.2) is 83.5 Å². The van der Waals surface area contributed by atoms with Crippen LogP contribution < -0.4 is 4.74 Å². The van der Waals surface area contributed by atoms with Crippen LogP contribution in [-0.2, 0) is 12.8 Å². The Morgan fingerprint density at radius 2 is 1.71 bits per heavy atom. The van der Waals surface area contributed by atoms with Crippen molar-refractivity contribution in [3.8, 4) is 22.8 Å². The molecule has 3 nitrogen and oxygen atoms in total. The lowest BCUT2D eigenvalue weighted by Gasteiger charge is -2.17. The molecule has 7 heteroatoms. The molecule has 0 radical (unpaired) electrons. The average molecular weight is 487 g/mol. The Morgan fingerprint density at radius 3 is 2.42 bits per heavy atom. The van der Waals surface area contributed by atoms with E-state index in [1.54, 1.807) is 18.2 Å². The molecule has 0 aliphatic rings. The first-order valence-electron chi connectivity index (χ1n) is 9.52. The molecule has 0 atom stereocenters. The highest BCUT2D eigenvalue weighted by Gasteiger charge is 2.32. The van der Waals surface area contributed by atoms with Gasteiger partial charge in [-0.1, -0.05) is 36.4 Å². The second-order valence-electron chi connectivity index (χ2n) is 7.00. The van der Waals surface area contributed by atoms with Crippen LogP contribution in [0.5, 0.6) is 5.75 Å². The summed E-state index contributed by atoms with van der Waals surface area (Å²) in [4.78, 5) is 4.47. The number of rotatable bonds is 5. The van der Waals surface area contributed by atoms with Gasteiger partial charge in [-0.25, -0.2) is 4.98 Å². The number of alkyl halides is 3. The molecule has 0 unspecified atom stereocenters.